The molecule has 100 valence electrons. The maximum atomic E-state index is 6.60. The van der Waals surface area contributed by atoms with Crippen LogP contribution in [0.2, 0.25) is 0 Å². The molecule has 1 aliphatic carbocycles. The number of methoxy groups -OCH3 is 1. The number of nitrogens with two attached hydrogens (primary N) is 1. The summed E-state index contributed by atoms with van der Waals surface area (Å²) in [6.07, 6.45) is 4.72. The van der Waals surface area contributed by atoms with Crippen LogP contribution in [0, 0.1) is 6.92 Å². The van der Waals surface area contributed by atoms with E-state index in [0.29, 0.717) is 5.92 Å². The number of aryl methyl sites for hydroxylation is 1. The van der Waals surface area contributed by atoms with Gasteiger partial charge in [-0.05, 0) is 54.5 Å². The Morgan fingerprint density at radius 3 is 2.33 bits per heavy atom. The van der Waals surface area contributed by atoms with E-state index in [1.807, 2.05) is 0 Å². The van der Waals surface area contributed by atoms with Crippen LogP contribution in [-0.2, 0) is 5.54 Å². The molecule has 1 aromatic rings. The summed E-state index contributed by atoms with van der Waals surface area (Å²) in [5, 5.41) is 0. The van der Waals surface area contributed by atoms with Crippen molar-refractivity contribution in [3.05, 3.63) is 28.8 Å². The fraction of sp³-hybridized carbons (Fsp3) is 0.625. The molecular weight excluding hydrogens is 222 g/mol. The predicted molar refractivity (Wildman–Crippen MR) is 76.2 cm³/mol. The Morgan fingerprint density at radius 2 is 1.83 bits per heavy atom. The minimum absolute atomic E-state index is 0.111. The van der Waals surface area contributed by atoms with Gasteiger partial charge >= 0.3 is 0 Å². The Bertz CT molecular complexity index is 431. The fourth-order valence-electron chi connectivity index (χ4n) is 3.14. The Balaban J connectivity index is 2.51. The molecule has 2 nitrogen and oxygen atoms in total. The number of hydrogen-bond acceptors (Lipinski definition) is 2. The van der Waals surface area contributed by atoms with Gasteiger partial charge in [0.15, 0.2) is 0 Å². The zero-order valence-corrected chi connectivity index (χ0v) is 12.0. The highest BCUT2D eigenvalue weighted by molar-refractivity contribution is 5.46. The topological polar surface area (TPSA) is 35.2 Å². The van der Waals surface area contributed by atoms with Crippen LogP contribution in [0.15, 0.2) is 12.1 Å². The number of benzene rings is 1. The summed E-state index contributed by atoms with van der Waals surface area (Å²) in [7, 11) is 1.74. The highest BCUT2D eigenvalue weighted by atomic mass is 16.5. The van der Waals surface area contributed by atoms with Crippen molar-refractivity contribution in [1.29, 1.82) is 0 Å². The van der Waals surface area contributed by atoms with Gasteiger partial charge in [0, 0.05) is 5.54 Å². The number of ether oxygens (including phenoxy) is 1. The van der Waals surface area contributed by atoms with Crippen LogP contribution in [0.1, 0.15) is 62.1 Å². The van der Waals surface area contributed by atoms with Gasteiger partial charge in [-0.3, -0.25) is 0 Å². The molecule has 2 N–H and O–H groups in total. The molecule has 18 heavy (non-hydrogen) atoms. The van der Waals surface area contributed by atoms with E-state index in [-0.39, 0.29) is 5.54 Å². The van der Waals surface area contributed by atoms with Crippen LogP contribution in [0.5, 0.6) is 5.75 Å². The molecule has 1 saturated carbocycles. The molecule has 0 aliphatic heterocycles. The fourth-order valence-corrected chi connectivity index (χ4v) is 3.14. The molecule has 0 spiro atoms. The normalized spacial score (nSPS) is 18.3. The molecule has 0 saturated heterocycles. The molecule has 0 amide bonds. The van der Waals surface area contributed by atoms with Gasteiger partial charge in [0.2, 0.25) is 0 Å². The third-order valence-corrected chi connectivity index (χ3v) is 4.23. The molecule has 1 aromatic carbocycles. The summed E-state index contributed by atoms with van der Waals surface area (Å²) in [4.78, 5) is 0. The number of rotatable bonds is 3. The van der Waals surface area contributed by atoms with E-state index in [1.165, 1.54) is 29.5 Å². The van der Waals surface area contributed by atoms with E-state index in [2.05, 4.69) is 32.9 Å². The highest BCUT2D eigenvalue weighted by Gasteiger charge is 2.33. The summed E-state index contributed by atoms with van der Waals surface area (Å²) >= 11 is 0. The maximum absolute atomic E-state index is 6.60. The monoisotopic (exact) mass is 247 g/mol. The second kappa shape index (κ2) is 4.93. The highest BCUT2D eigenvalue weighted by Crippen LogP contribution is 2.41. The average Bonchev–Trinajstić information content (AvgIpc) is 2.76. The van der Waals surface area contributed by atoms with Crippen molar-refractivity contribution in [1.82, 2.24) is 0 Å². The molecular formula is C16H25NO. The van der Waals surface area contributed by atoms with E-state index < -0.39 is 0 Å². The Morgan fingerprint density at radius 1 is 1.22 bits per heavy atom. The largest absolute Gasteiger partial charge is 0.496 e. The summed E-state index contributed by atoms with van der Waals surface area (Å²) in [5.41, 5.74) is 10.4. The van der Waals surface area contributed by atoms with Gasteiger partial charge in [0.05, 0.1) is 7.11 Å². The minimum Gasteiger partial charge on any atom is -0.496 e. The quantitative estimate of drug-likeness (QED) is 0.880. The molecule has 2 rings (SSSR count). The first-order chi connectivity index (χ1) is 8.48. The van der Waals surface area contributed by atoms with Gasteiger partial charge in [-0.15, -0.1) is 0 Å². The second-order valence-electron chi connectivity index (χ2n) is 5.93. The Kier molecular flexibility index (Phi) is 3.67. The van der Waals surface area contributed by atoms with Crippen molar-refractivity contribution < 1.29 is 4.74 Å². The van der Waals surface area contributed by atoms with Crippen molar-refractivity contribution in [3.63, 3.8) is 0 Å². The average molecular weight is 247 g/mol. The van der Waals surface area contributed by atoms with Gasteiger partial charge in [-0.2, -0.15) is 0 Å². The predicted octanol–water partition coefficient (Wildman–Crippen LogP) is 3.86. The Hall–Kier alpha value is -1.02. The zero-order valence-electron chi connectivity index (χ0n) is 12.0. The molecule has 0 heterocycles. The molecule has 2 heteroatoms. The first-order valence-corrected chi connectivity index (χ1v) is 6.96. The Labute approximate surface area is 111 Å². The van der Waals surface area contributed by atoms with Crippen LogP contribution in [0.25, 0.3) is 0 Å². The van der Waals surface area contributed by atoms with Crippen LogP contribution in [0.4, 0.5) is 0 Å². The number of hydrogen-bond donors (Lipinski definition) is 1. The van der Waals surface area contributed by atoms with E-state index in [1.54, 1.807) is 7.11 Å². The van der Waals surface area contributed by atoms with E-state index in [4.69, 9.17) is 10.5 Å². The van der Waals surface area contributed by atoms with E-state index in [0.717, 1.165) is 18.6 Å². The minimum atomic E-state index is -0.111. The SMILES string of the molecule is COc1cc(C)c(C2(N)CCCC2)cc1C(C)C. The van der Waals surface area contributed by atoms with Crippen molar-refractivity contribution >= 4 is 0 Å². The lowest BCUT2D eigenvalue weighted by Gasteiger charge is -2.28. The maximum Gasteiger partial charge on any atom is 0.122 e. The summed E-state index contributed by atoms with van der Waals surface area (Å²) < 4.78 is 5.50. The lowest BCUT2D eigenvalue weighted by atomic mass is 9.83. The summed E-state index contributed by atoms with van der Waals surface area (Å²) in [5.74, 6) is 1.46. The standard InChI is InChI=1S/C16H25NO/c1-11(2)13-10-14(12(3)9-15(13)18-4)16(17)7-5-6-8-16/h9-11H,5-8,17H2,1-4H3. The van der Waals surface area contributed by atoms with Gasteiger partial charge < -0.3 is 10.5 Å². The second-order valence-corrected chi connectivity index (χ2v) is 5.93. The van der Waals surface area contributed by atoms with E-state index in [9.17, 15) is 0 Å². The molecule has 0 unspecified atom stereocenters. The summed E-state index contributed by atoms with van der Waals surface area (Å²) in [6, 6.07) is 4.43. The zero-order chi connectivity index (χ0) is 13.3. The van der Waals surface area contributed by atoms with Gasteiger partial charge in [0.1, 0.15) is 5.75 Å². The third kappa shape index (κ3) is 2.26. The van der Waals surface area contributed by atoms with Crippen LogP contribution in [0.3, 0.4) is 0 Å². The lowest BCUT2D eigenvalue weighted by Crippen LogP contribution is -2.34. The van der Waals surface area contributed by atoms with Crippen molar-refractivity contribution in [2.24, 2.45) is 5.73 Å². The van der Waals surface area contributed by atoms with Crippen LogP contribution in [-0.4, -0.2) is 7.11 Å². The summed E-state index contributed by atoms with van der Waals surface area (Å²) in [6.45, 7) is 6.55. The van der Waals surface area contributed by atoms with Crippen molar-refractivity contribution in [3.8, 4) is 5.75 Å². The van der Waals surface area contributed by atoms with Crippen molar-refractivity contribution in [2.45, 2.75) is 57.9 Å². The molecule has 0 radical (unpaired) electrons. The molecule has 0 bridgehead atoms. The third-order valence-electron chi connectivity index (χ3n) is 4.23. The van der Waals surface area contributed by atoms with Crippen molar-refractivity contribution in [2.75, 3.05) is 7.11 Å². The smallest absolute Gasteiger partial charge is 0.122 e. The van der Waals surface area contributed by atoms with Gasteiger partial charge in [0.25, 0.3) is 0 Å². The lowest BCUT2D eigenvalue weighted by molar-refractivity contribution is 0.404. The van der Waals surface area contributed by atoms with Crippen LogP contribution < -0.4 is 10.5 Å². The van der Waals surface area contributed by atoms with Crippen LogP contribution >= 0.6 is 0 Å². The van der Waals surface area contributed by atoms with E-state index >= 15 is 0 Å². The van der Waals surface area contributed by atoms with Gasteiger partial charge in [-0.1, -0.05) is 26.7 Å². The first kappa shape index (κ1) is 13.4. The molecule has 0 aromatic heterocycles. The molecule has 0 atom stereocenters. The van der Waals surface area contributed by atoms with Gasteiger partial charge in [-0.25, -0.2) is 0 Å². The molecule has 1 aliphatic rings. The first-order valence-electron chi connectivity index (χ1n) is 6.96. The molecule has 1 fully saturated rings.